The number of nitrogens with zero attached hydrogens (tertiary/aromatic N) is 2. The van der Waals surface area contributed by atoms with Crippen LogP contribution < -0.4 is 5.32 Å². The molecule has 1 rings (SSSR count). The van der Waals surface area contributed by atoms with Gasteiger partial charge in [0.05, 0.1) is 13.2 Å². The number of aromatic nitrogens is 1. The van der Waals surface area contributed by atoms with Crippen molar-refractivity contribution in [1.29, 1.82) is 0 Å². The van der Waals surface area contributed by atoms with Crippen LogP contribution in [0.1, 0.15) is 12.5 Å². The Morgan fingerprint density at radius 3 is 2.72 bits per heavy atom. The Kier molecular flexibility index (Phi) is 6.53. The number of alkyl halides is 2. The van der Waals surface area contributed by atoms with E-state index in [0.29, 0.717) is 6.54 Å². The lowest BCUT2D eigenvalue weighted by atomic mass is 10.2. The van der Waals surface area contributed by atoms with Gasteiger partial charge in [0.25, 0.3) is 6.43 Å². The first-order valence-electron chi connectivity index (χ1n) is 5.95. The van der Waals surface area contributed by atoms with Crippen molar-refractivity contribution < 1.29 is 13.9 Å². The predicted molar refractivity (Wildman–Crippen MR) is 66.8 cm³/mol. The second kappa shape index (κ2) is 7.94. The van der Waals surface area contributed by atoms with Crippen LogP contribution in [0.3, 0.4) is 0 Å². The zero-order valence-corrected chi connectivity index (χ0v) is 10.4. The summed E-state index contributed by atoms with van der Waals surface area (Å²) in [6.45, 7) is 2.89. The monoisotopic (exact) mass is 259 g/mol. The molecule has 0 aliphatic rings. The van der Waals surface area contributed by atoms with E-state index in [0.717, 1.165) is 17.9 Å². The minimum Gasteiger partial charge on any atom is -0.395 e. The van der Waals surface area contributed by atoms with Crippen molar-refractivity contribution in [3.05, 3.63) is 23.9 Å². The van der Waals surface area contributed by atoms with Crippen molar-refractivity contribution in [1.82, 2.24) is 9.88 Å². The molecule has 0 amide bonds. The minimum atomic E-state index is -2.40. The molecular weight excluding hydrogens is 240 g/mol. The highest BCUT2D eigenvalue weighted by atomic mass is 19.3. The first kappa shape index (κ1) is 14.8. The van der Waals surface area contributed by atoms with Gasteiger partial charge < -0.3 is 10.4 Å². The van der Waals surface area contributed by atoms with Crippen molar-refractivity contribution in [2.75, 3.05) is 31.6 Å². The maximum atomic E-state index is 12.3. The van der Waals surface area contributed by atoms with Crippen LogP contribution in [-0.4, -0.2) is 47.7 Å². The third-order valence-electron chi connectivity index (χ3n) is 2.40. The van der Waals surface area contributed by atoms with E-state index in [2.05, 4.69) is 10.3 Å². The number of anilines is 1. The first-order valence-corrected chi connectivity index (χ1v) is 5.95. The summed E-state index contributed by atoms with van der Waals surface area (Å²) in [7, 11) is 0. The van der Waals surface area contributed by atoms with Crippen molar-refractivity contribution >= 4 is 5.82 Å². The number of aliphatic hydroxyl groups excluding tert-OH is 1. The number of hydrogen-bond acceptors (Lipinski definition) is 4. The maximum Gasteiger partial charge on any atom is 0.251 e. The van der Waals surface area contributed by atoms with Crippen LogP contribution in [0.4, 0.5) is 14.6 Å². The fourth-order valence-corrected chi connectivity index (χ4v) is 1.63. The van der Waals surface area contributed by atoms with Crippen LogP contribution in [0.2, 0.25) is 0 Å². The highest BCUT2D eigenvalue weighted by Gasteiger charge is 2.12. The molecule has 0 aliphatic carbocycles. The molecule has 1 heterocycles. The van der Waals surface area contributed by atoms with E-state index >= 15 is 0 Å². The van der Waals surface area contributed by atoms with E-state index in [-0.39, 0.29) is 19.7 Å². The maximum absolute atomic E-state index is 12.3. The van der Waals surface area contributed by atoms with Crippen molar-refractivity contribution in [2.24, 2.45) is 0 Å². The number of pyridine rings is 1. The quantitative estimate of drug-likeness (QED) is 0.744. The highest BCUT2D eigenvalue weighted by Crippen LogP contribution is 2.09. The van der Waals surface area contributed by atoms with Crippen molar-refractivity contribution in [3.8, 4) is 0 Å². The van der Waals surface area contributed by atoms with E-state index < -0.39 is 6.43 Å². The molecule has 1 aromatic rings. The Balaban J connectivity index is 2.56. The Bertz CT molecular complexity index is 333. The van der Waals surface area contributed by atoms with Gasteiger partial charge in [0, 0.05) is 25.8 Å². The minimum absolute atomic E-state index is 0.129. The molecule has 6 heteroatoms. The average molecular weight is 259 g/mol. The number of aliphatic hydroxyl groups is 1. The summed E-state index contributed by atoms with van der Waals surface area (Å²) < 4.78 is 24.7. The van der Waals surface area contributed by atoms with E-state index in [4.69, 9.17) is 5.11 Å². The fourth-order valence-electron chi connectivity index (χ4n) is 1.63. The molecule has 0 unspecified atom stereocenters. The van der Waals surface area contributed by atoms with Gasteiger partial charge in [-0.15, -0.1) is 0 Å². The van der Waals surface area contributed by atoms with Crippen molar-refractivity contribution in [2.45, 2.75) is 19.9 Å². The van der Waals surface area contributed by atoms with Gasteiger partial charge in [0.15, 0.2) is 0 Å². The predicted octanol–water partition coefficient (Wildman–Crippen LogP) is 1.57. The molecule has 18 heavy (non-hydrogen) atoms. The third-order valence-corrected chi connectivity index (χ3v) is 2.40. The molecule has 0 spiro atoms. The zero-order chi connectivity index (χ0) is 13.4. The van der Waals surface area contributed by atoms with Crippen LogP contribution in [0.25, 0.3) is 0 Å². The molecule has 0 saturated carbocycles. The van der Waals surface area contributed by atoms with Crippen LogP contribution in [0.5, 0.6) is 0 Å². The zero-order valence-electron chi connectivity index (χ0n) is 10.4. The summed E-state index contributed by atoms with van der Waals surface area (Å²) in [5, 5.41) is 11.9. The Hall–Kier alpha value is -1.27. The Morgan fingerprint density at radius 1 is 1.44 bits per heavy atom. The second-order valence-corrected chi connectivity index (χ2v) is 3.93. The topological polar surface area (TPSA) is 48.4 Å². The summed E-state index contributed by atoms with van der Waals surface area (Å²) in [6, 6.07) is 3.67. The molecule has 0 radical (unpaired) electrons. The van der Waals surface area contributed by atoms with Gasteiger partial charge >= 0.3 is 0 Å². The van der Waals surface area contributed by atoms with E-state index in [9.17, 15) is 8.78 Å². The smallest absolute Gasteiger partial charge is 0.251 e. The molecule has 2 N–H and O–H groups in total. The SMILES string of the molecule is CCNc1ccc(CN(CCO)CC(F)F)cn1. The molecule has 0 saturated heterocycles. The Labute approximate surface area is 106 Å². The van der Waals surface area contributed by atoms with E-state index in [1.54, 1.807) is 6.20 Å². The highest BCUT2D eigenvalue weighted by molar-refractivity contribution is 5.35. The van der Waals surface area contributed by atoms with Gasteiger partial charge in [-0.05, 0) is 18.6 Å². The van der Waals surface area contributed by atoms with Gasteiger partial charge in [-0.2, -0.15) is 0 Å². The molecule has 0 atom stereocenters. The number of halogens is 2. The molecular formula is C12H19F2N3O. The Morgan fingerprint density at radius 2 is 2.22 bits per heavy atom. The second-order valence-electron chi connectivity index (χ2n) is 3.93. The van der Waals surface area contributed by atoms with Crippen LogP contribution in [-0.2, 0) is 6.54 Å². The van der Waals surface area contributed by atoms with Gasteiger partial charge in [0.2, 0.25) is 0 Å². The summed E-state index contributed by atoms with van der Waals surface area (Å²) in [5.41, 5.74) is 0.853. The van der Waals surface area contributed by atoms with Crippen LogP contribution in [0.15, 0.2) is 18.3 Å². The molecule has 0 fully saturated rings. The van der Waals surface area contributed by atoms with E-state index in [1.165, 1.54) is 4.90 Å². The standard InChI is InChI=1S/C12H19F2N3O/c1-2-15-12-4-3-10(7-16-12)8-17(5-6-18)9-11(13)14/h3-4,7,11,18H,2,5-6,8-9H2,1H3,(H,15,16). The van der Waals surface area contributed by atoms with Crippen molar-refractivity contribution in [3.63, 3.8) is 0 Å². The first-order chi connectivity index (χ1) is 8.65. The third kappa shape index (κ3) is 5.37. The molecule has 102 valence electrons. The molecule has 0 bridgehead atoms. The fraction of sp³-hybridized carbons (Fsp3) is 0.583. The van der Waals surface area contributed by atoms with Crippen LogP contribution >= 0.6 is 0 Å². The molecule has 0 aliphatic heterocycles. The lowest BCUT2D eigenvalue weighted by Gasteiger charge is -2.20. The van der Waals surface area contributed by atoms with Gasteiger partial charge in [-0.3, -0.25) is 4.90 Å². The summed E-state index contributed by atoms with van der Waals surface area (Å²) in [4.78, 5) is 5.68. The normalized spacial score (nSPS) is 11.2. The van der Waals surface area contributed by atoms with Gasteiger partial charge in [0.1, 0.15) is 5.82 Å². The lowest BCUT2D eigenvalue weighted by molar-refractivity contribution is 0.0746. The lowest BCUT2D eigenvalue weighted by Crippen LogP contribution is -2.31. The summed E-state index contributed by atoms with van der Waals surface area (Å²) in [6.07, 6.45) is -0.737. The summed E-state index contributed by atoms with van der Waals surface area (Å²) >= 11 is 0. The summed E-state index contributed by atoms with van der Waals surface area (Å²) in [5.74, 6) is 0.767. The number of rotatable bonds is 8. The molecule has 0 aromatic carbocycles. The molecule has 1 aromatic heterocycles. The molecule has 4 nitrogen and oxygen atoms in total. The number of hydrogen-bond donors (Lipinski definition) is 2. The average Bonchev–Trinajstić information content (AvgIpc) is 2.31. The largest absolute Gasteiger partial charge is 0.395 e. The van der Waals surface area contributed by atoms with E-state index in [1.807, 2.05) is 19.1 Å². The van der Waals surface area contributed by atoms with Crippen LogP contribution in [0, 0.1) is 0 Å². The van der Waals surface area contributed by atoms with Gasteiger partial charge in [-0.1, -0.05) is 6.07 Å². The van der Waals surface area contributed by atoms with Gasteiger partial charge in [-0.25, -0.2) is 13.8 Å². The number of nitrogens with one attached hydrogen (secondary N) is 1.